The molecule has 0 bridgehead atoms. The lowest BCUT2D eigenvalue weighted by Crippen LogP contribution is -1.97. The van der Waals surface area contributed by atoms with Crippen LogP contribution in [0.2, 0.25) is 0 Å². The molecule has 4 aromatic rings. The van der Waals surface area contributed by atoms with E-state index in [1.807, 2.05) is 26.0 Å². The molecular weight excluding hydrogens is 736 g/mol. The van der Waals surface area contributed by atoms with Gasteiger partial charge in [-0.25, -0.2) is 0 Å². The van der Waals surface area contributed by atoms with Crippen LogP contribution < -0.4 is 0 Å². The first-order valence-corrected chi connectivity index (χ1v) is 14.5. The first-order valence-electron chi connectivity index (χ1n) is 11.3. The summed E-state index contributed by atoms with van der Waals surface area (Å²) in [5.74, 6) is 0.397. The Morgan fingerprint density at radius 3 is 0.947 bits per heavy atom. The van der Waals surface area contributed by atoms with Gasteiger partial charge in [-0.15, -0.1) is 0 Å². The lowest BCUT2D eigenvalue weighted by atomic mass is 9.89. The molecule has 0 spiro atoms. The summed E-state index contributed by atoms with van der Waals surface area (Å²) < 4.78 is 4.50. The molecule has 0 aromatic heterocycles. The summed E-state index contributed by atoms with van der Waals surface area (Å²) in [6.07, 6.45) is 0. The van der Waals surface area contributed by atoms with Crippen LogP contribution >= 0.6 is 63.7 Å². The minimum absolute atomic E-state index is 0. The van der Waals surface area contributed by atoms with Crippen LogP contribution in [0.5, 0.6) is 11.5 Å². The average molecular weight is 772 g/mol. The number of aromatic hydroxyl groups is 2. The maximum Gasteiger partial charge on any atom is 0.123 e. The second-order valence-electron chi connectivity index (χ2n) is 8.87. The zero-order chi connectivity index (χ0) is 26.9. The third-order valence-electron chi connectivity index (χ3n) is 6.44. The molecule has 38 heavy (non-hydrogen) atoms. The van der Waals surface area contributed by atoms with Crippen molar-refractivity contribution in [3.8, 4) is 33.8 Å². The van der Waals surface area contributed by atoms with Gasteiger partial charge in [-0.05, 0) is 110 Å². The molecule has 2 nitrogen and oxygen atoms in total. The van der Waals surface area contributed by atoms with Gasteiger partial charge in [-0.3, -0.25) is 0 Å². The zero-order valence-electron chi connectivity index (χ0n) is 21.0. The van der Waals surface area contributed by atoms with Crippen LogP contribution in [0.3, 0.4) is 0 Å². The average Bonchev–Trinajstić information content (AvgIpc) is 2.81. The van der Waals surface area contributed by atoms with Crippen molar-refractivity contribution in [3.05, 3.63) is 99.8 Å². The van der Waals surface area contributed by atoms with E-state index in [1.165, 1.54) is 33.4 Å². The van der Waals surface area contributed by atoms with Crippen LogP contribution in [0, 0.1) is 41.5 Å². The van der Waals surface area contributed by atoms with Gasteiger partial charge in [0.2, 0.25) is 0 Å². The van der Waals surface area contributed by atoms with Crippen LogP contribution in [0.1, 0.15) is 48.2 Å². The minimum atomic E-state index is 0. The number of hydrogen-bond donors (Lipinski definition) is 2. The molecule has 0 atom stereocenters. The third-order valence-corrected chi connectivity index (χ3v) is 9.74. The summed E-state index contributed by atoms with van der Waals surface area (Å²) in [5.41, 5.74) is 11.0. The van der Waals surface area contributed by atoms with E-state index in [9.17, 15) is 10.2 Å². The van der Waals surface area contributed by atoms with Crippen LogP contribution in [0.15, 0.2) is 66.4 Å². The second kappa shape index (κ2) is 14.2. The van der Waals surface area contributed by atoms with Crippen molar-refractivity contribution in [1.82, 2.24) is 0 Å². The maximum atomic E-state index is 9.88. The summed E-state index contributed by atoms with van der Waals surface area (Å²) in [4.78, 5) is 0. The third kappa shape index (κ3) is 6.93. The van der Waals surface area contributed by atoms with Crippen LogP contribution in [-0.4, -0.2) is 10.2 Å². The molecule has 0 heterocycles. The Hall–Kier alpha value is -1.60. The van der Waals surface area contributed by atoms with Gasteiger partial charge in [0.05, 0.1) is 0 Å². The molecule has 0 aliphatic carbocycles. The van der Waals surface area contributed by atoms with Gasteiger partial charge in [-0.1, -0.05) is 103 Å². The molecule has 0 radical (unpaired) electrons. The number of rotatable bonds is 2. The Kier molecular flexibility index (Phi) is 12.8. The van der Waals surface area contributed by atoms with Crippen molar-refractivity contribution in [3.63, 3.8) is 0 Å². The lowest BCUT2D eigenvalue weighted by molar-refractivity contribution is 0.468. The van der Waals surface area contributed by atoms with E-state index in [-0.39, 0.29) is 26.4 Å². The molecule has 0 unspecified atom stereocenters. The van der Waals surface area contributed by atoms with Gasteiger partial charge < -0.3 is 10.2 Å². The van der Waals surface area contributed by atoms with Crippen molar-refractivity contribution >= 4 is 63.7 Å². The molecule has 0 saturated carbocycles. The van der Waals surface area contributed by atoms with E-state index in [0.29, 0.717) is 11.1 Å². The molecule has 0 saturated heterocycles. The van der Waals surface area contributed by atoms with Gasteiger partial charge in [-0.2, -0.15) is 0 Å². The van der Waals surface area contributed by atoms with Gasteiger partial charge in [0, 0.05) is 29.0 Å². The van der Waals surface area contributed by atoms with Crippen molar-refractivity contribution in [1.29, 1.82) is 0 Å². The Bertz CT molecular complexity index is 1260. The van der Waals surface area contributed by atoms with Gasteiger partial charge in [0.1, 0.15) is 11.5 Å². The van der Waals surface area contributed by atoms with Gasteiger partial charge >= 0.3 is 0 Å². The number of phenols is 2. The lowest BCUT2D eigenvalue weighted by Gasteiger charge is -2.20. The fourth-order valence-corrected chi connectivity index (χ4v) is 6.72. The fraction of sp³-hybridized carbons (Fsp3) is 0.250. The second-order valence-corrected chi connectivity index (χ2v) is 12.3. The Morgan fingerprint density at radius 1 is 0.447 bits per heavy atom. The smallest absolute Gasteiger partial charge is 0.123 e. The van der Waals surface area contributed by atoms with Gasteiger partial charge in [0.25, 0.3) is 0 Å². The Balaban J connectivity index is 0.000000368. The van der Waals surface area contributed by atoms with Crippen LogP contribution in [0.4, 0.5) is 0 Å². The van der Waals surface area contributed by atoms with E-state index in [1.54, 1.807) is 24.3 Å². The van der Waals surface area contributed by atoms with Crippen molar-refractivity contribution in [2.24, 2.45) is 0 Å². The molecule has 0 amide bonds. The van der Waals surface area contributed by atoms with E-state index < -0.39 is 0 Å². The summed E-state index contributed by atoms with van der Waals surface area (Å²) >= 11 is 14.6. The molecular formula is C32H36Br4O2. The highest BCUT2D eigenvalue weighted by atomic mass is 79.9. The summed E-state index contributed by atoms with van der Waals surface area (Å²) in [6, 6.07) is 14.9. The molecule has 204 valence electrons. The number of aryl methyl sites for hydroxylation is 2. The normalized spacial score (nSPS) is 10.2. The quantitative estimate of drug-likeness (QED) is 0.213. The summed E-state index contributed by atoms with van der Waals surface area (Å²) in [7, 11) is 0. The molecule has 4 aromatic carbocycles. The minimum Gasteiger partial charge on any atom is -0.507 e. The van der Waals surface area contributed by atoms with Crippen LogP contribution in [0.25, 0.3) is 22.3 Å². The highest BCUT2D eigenvalue weighted by Crippen LogP contribution is 2.43. The van der Waals surface area contributed by atoms with Crippen molar-refractivity contribution < 1.29 is 10.2 Å². The molecule has 0 fully saturated rings. The van der Waals surface area contributed by atoms with Crippen molar-refractivity contribution in [2.45, 2.75) is 56.4 Å². The summed E-state index contributed by atoms with van der Waals surface area (Å²) in [6.45, 7) is 12.5. The van der Waals surface area contributed by atoms with Crippen LogP contribution in [-0.2, 0) is 0 Å². The molecule has 4 rings (SSSR count). The fourth-order valence-electron chi connectivity index (χ4n) is 4.40. The molecule has 6 heteroatoms. The van der Waals surface area contributed by atoms with E-state index in [2.05, 4.69) is 104 Å². The van der Waals surface area contributed by atoms with Gasteiger partial charge in [0.15, 0.2) is 0 Å². The van der Waals surface area contributed by atoms with E-state index in [0.717, 1.165) is 29.0 Å². The monoisotopic (exact) mass is 768 g/mol. The predicted octanol–water partition coefficient (Wildman–Crippen LogP) is 12.3. The number of phenolic OH excluding ortho intramolecular Hbond substituents is 2. The number of hydrogen-bond acceptors (Lipinski definition) is 2. The predicted molar refractivity (Wildman–Crippen MR) is 180 cm³/mol. The first-order chi connectivity index (χ1) is 16.9. The van der Waals surface area contributed by atoms with E-state index in [4.69, 9.17) is 0 Å². The molecule has 2 N–H and O–H groups in total. The maximum absolute atomic E-state index is 9.88. The SMILES string of the molecule is C.C.Cc1c(Br)cc(Br)c(C)c1-c1c(C)c(Br)cc(Br)c1C.Cc1cccc(O)c1-c1c(C)cccc1O. The molecule has 0 aliphatic heterocycles. The largest absolute Gasteiger partial charge is 0.507 e. The standard InChI is InChI=1S/C16H14Br4.C14H14O2.2CH4/c1-7-11(17)5-12(18)8(2)15(7)16-9(3)13(19)6-14(20)10(16)4;1-9-5-3-7-11(15)13(9)14-10(2)6-4-8-12(14)16;;/h5-6H,1-4H3;3-8,15-16H,1-2H3;2*1H4. The zero-order valence-corrected chi connectivity index (χ0v) is 27.4. The molecule has 0 aliphatic rings. The number of halogens is 4. The Labute approximate surface area is 262 Å². The Morgan fingerprint density at radius 2 is 0.711 bits per heavy atom. The van der Waals surface area contributed by atoms with E-state index >= 15 is 0 Å². The first kappa shape index (κ1) is 34.4. The summed E-state index contributed by atoms with van der Waals surface area (Å²) in [5, 5.41) is 19.8. The number of benzene rings is 4. The highest BCUT2D eigenvalue weighted by Gasteiger charge is 2.19. The highest BCUT2D eigenvalue weighted by molar-refractivity contribution is 9.11. The topological polar surface area (TPSA) is 40.5 Å². The van der Waals surface area contributed by atoms with Crippen molar-refractivity contribution in [2.75, 3.05) is 0 Å².